The summed E-state index contributed by atoms with van der Waals surface area (Å²) >= 11 is 0. The molecule has 0 spiro atoms. The highest BCUT2D eigenvalue weighted by Gasteiger charge is 2.01. The summed E-state index contributed by atoms with van der Waals surface area (Å²) in [7, 11) is 0. The Bertz CT molecular complexity index is 223. The molecule has 0 amide bonds. The van der Waals surface area contributed by atoms with Crippen molar-refractivity contribution in [2.45, 2.75) is 19.8 Å². The van der Waals surface area contributed by atoms with Gasteiger partial charge in [0.15, 0.2) is 0 Å². The molecule has 56 valence electrons. The van der Waals surface area contributed by atoms with Crippen molar-refractivity contribution in [3.8, 4) is 6.07 Å². The van der Waals surface area contributed by atoms with Gasteiger partial charge in [-0.05, 0) is 13.3 Å². The van der Waals surface area contributed by atoms with Gasteiger partial charge in [0.2, 0.25) is 12.6 Å². The van der Waals surface area contributed by atoms with E-state index in [-0.39, 0.29) is 24.0 Å². The van der Waals surface area contributed by atoms with Crippen LogP contribution >= 0.6 is 0 Å². The lowest BCUT2D eigenvalue weighted by Gasteiger charge is -1.93. The number of rotatable bonds is 4. The number of hydrogen-bond acceptors (Lipinski definition) is 3. The molecule has 3 heteroatoms. The number of allylic oxidation sites excluding steroid dienone is 2. The van der Waals surface area contributed by atoms with Crippen molar-refractivity contribution >= 4 is 12.6 Å². The Balaban J connectivity index is 4.28. The molecule has 3 nitrogen and oxygen atoms in total. The molecule has 0 rings (SSSR count). The van der Waals surface area contributed by atoms with E-state index in [9.17, 15) is 9.59 Å². The molecule has 0 aromatic heterocycles. The quantitative estimate of drug-likeness (QED) is 0.556. The average molecular weight is 149 g/mol. The standard InChI is InChI=1S/C8H7NO2/c1-7(5-10)8(6-11)3-2-4-9/h2-3H2,1H3/b8-7-. The molecular weight excluding hydrogens is 142 g/mol. The van der Waals surface area contributed by atoms with Gasteiger partial charge in [-0.1, -0.05) is 0 Å². The minimum Gasteiger partial charge on any atom is -0.285 e. The molecule has 0 N–H and O–H groups in total. The van der Waals surface area contributed by atoms with Gasteiger partial charge in [-0.15, -0.1) is 0 Å². The number of hydrogen-bond donors (Lipinski definition) is 0. The summed E-state index contributed by atoms with van der Waals surface area (Å²) in [5.74, 6) is 0. The van der Waals surface area contributed by atoms with Crippen molar-refractivity contribution in [3.05, 3.63) is 11.1 Å². The Kier molecular flexibility index (Phi) is 4.67. The summed E-state index contributed by atoms with van der Waals surface area (Å²) < 4.78 is 0. The van der Waals surface area contributed by atoms with E-state index in [1.807, 2.05) is 6.07 Å². The third-order valence-electron chi connectivity index (χ3n) is 1.22. The number of nitrogens with zero attached hydrogens (tertiary/aromatic N) is 1. The predicted octanol–water partition coefficient (Wildman–Crippen LogP) is 0.826. The average Bonchev–Trinajstić information content (AvgIpc) is 2.05. The monoisotopic (exact) mass is 149 g/mol. The van der Waals surface area contributed by atoms with Gasteiger partial charge in [0.05, 0.1) is 6.07 Å². The molecule has 0 atom stereocenters. The third kappa shape index (κ3) is 3.31. The zero-order chi connectivity index (χ0) is 8.69. The second-order valence-electron chi connectivity index (χ2n) is 1.97. The van der Waals surface area contributed by atoms with E-state index in [0.29, 0.717) is 0 Å². The molecule has 0 aliphatic heterocycles. The first-order chi connectivity index (χ1) is 5.26. The van der Waals surface area contributed by atoms with Gasteiger partial charge in [-0.3, -0.25) is 9.59 Å². The number of carbonyl (C=O) groups excluding carboxylic acids is 2. The lowest BCUT2D eigenvalue weighted by molar-refractivity contribution is 0.555. The molecule has 0 aromatic carbocycles. The summed E-state index contributed by atoms with van der Waals surface area (Å²) in [6.07, 6.45) is 3.69. The second kappa shape index (κ2) is 5.36. The topological polar surface area (TPSA) is 57.9 Å². The maximum Gasteiger partial charge on any atom is 0.229 e. The van der Waals surface area contributed by atoms with Gasteiger partial charge in [0.25, 0.3) is 0 Å². The van der Waals surface area contributed by atoms with Crippen LogP contribution in [0, 0.1) is 11.3 Å². The molecule has 0 fully saturated rings. The lowest BCUT2D eigenvalue weighted by Crippen LogP contribution is -1.91. The van der Waals surface area contributed by atoms with Crippen molar-refractivity contribution in [3.63, 3.8) is 0 Å². The fourth-order valence-electron chi connectivity index (χ4n) is 0.558. The summed E-state index contributed by atoms with van der Waals surface area (Å²) in [6.45, 7) is 1.48. The van der Waals surface area contributed by atoms with E-state index < -0.39 is 0 Å². The normalized spacial score (nSPS) is 11.3. The van der Waals surface area contributed by atoms with Crippen LogP contribution in [0.4, 0.5) is 0 Å². The van der Waals surface area contributed by atoms with Crippen LogP contribution in [0.3, 0.4) is 0 Å². The van der Waals surface area contributed by atoms with Gasteiger partial charge in [0.1, 0.15) is 0 Å². The summed E-state index contributed by atoms with van der Waals surface area (Å²) in [5.41, 5.74) is 0.469. The summed E-state index contributed by atoms with van der Waals surface area (Å²) in [6, 6.07) is 1.87. The third-order valence-corrected chi connectivity index (χ3v) is 1.22. The van der Waals surface area contributed by atoms with E-state index in [0.717, 1.165) is 0 Å². The van der Waals surface area contributed by atoms with Crippen LogP contribution in [0.5, 0.6) is 0 Å². The minimum atomic E-state index is 0.226. The lowest BCUT2D eigenvalue weighted by atomic mass is 10.1. The molecule has 0 heterocycles. The molecule has 0 aromatic rings. The molecule has 0 aliphatic rings. The van der Waals surface area contributed by atoms with Crippen LogP contribution in [0.2, 0.25) is 0 Å². The van der Waals surface area contributed by atoms with E-state index in [4.69, 9.17) is 5.26 Å². The van der Waals surface area contributed by atoms with Gasteiger partial charge in [-0.2, -0.15) is 5.26 Å². The van der Waals surface area contributed by atoms with Gasteiger partial charge in [0, 0.05) is 17.6 Å². The van der Waals surface area contributed by atoms with Gasteiger partial charge >= 0.3 is 0 Å². The SMILES string of the molecule is C/C([C]=O)=C(/[C]=O)CCC#N. The molecule has 0 bridgehead atoms. The van der Waals surface area contributed by atoms with Crippen molar-refractivity contribution in [1.82, 2.24) is 0 Å². The molecule has 0 aliphatic carbocycles. The Morgan fingerprint density at radius 3 is 2.36 bits per heavy atom. The van der Waals surface area contributed by atoms with Crippen molar-refractivity contribution in [2.24, 2.45) is 0 Å². The van der Waals surface area contributed by atoms with Crippen LogP contribution in [0.1, 0.15) is 19.8 Å². The Morgan fingerprint density at radius 2 is 2.00 bits per heavy atom. The zero-order valence-electron chi connectivity index (χ0n) is 6.18. The predicted molar refractivity (Wildman–Crippen MR) is 38.9 cm³/mol. The highest BCUT2D eigenvalue weighted by molar-refractivity contribution is 5.86. The summed E-state index contributed by atoms with van der Waals surface area (Å²) in [5, 5.41) is 8.16. The molecule has 11 heavy (non-hydrogen) atoms. The Hall–Kier alpha value is -1.43. The van der Waals surface area contributed by atoms with Gasteiger partial charge < -0.3 is 0 Å². The van der Waals surface area contributed by atoms with E-state index in [1.165, 1.54) is 6.92 Å². The van der Waals surface area contributed by atoms with Crippen LogP contribution in [0.25, 0.3) is 0 Å². The van der Waals surface area contributed by atoms with Crippen molar-refractivity contribution in [1.29, 1.82) is 5.26 Å². The molecule has 2 radical (unpaired) electrons. The fourth-order valence-corrected chi connectivity index (χ4v) is 0.558. The zero-order valence-corrected chi connectivity index (χ0v) is 6.18. The second-order valence-corrected chi connectivity index (χ2v) is 1.97. The van der Waals surface area contributed by atoms with Crippen LogP contribution in [-0.2, 0) is 9.59 Å². The maximum absolute atomic E-state index is 10.1. The van der Waals surface area contributed by atoms with E-state index >= 15 is 0 Å². The van der Waals surface area contributed by atoms with Crippen molar-refractivity contribution < 1.29 is 9.59 Å². The highest BCUT2D eigenvalue weighted by atomic mass is 16.1. The molecular formula is C8H7NO2. The first-order valence-corrected chi connectivity index (χ1v) is 3.09. The first kappa shape index (κ1) is 9.57. The minimum absolute atomic E-state index is 0.226. The fraction of sp³-hybridized carbons (Fsp3) is 0.375. The van der Waals surface area contributed by atoms with E-state index in [2.05, 4.69) is 0 Å². The highest BCUT2D eigenvalue weighted by Crippen LogP contribution is 2.05. The first-order valence-electron chi connectivity index (χ1n) is 3.09. The molecule has 0 saturated carbocycles. The van der Waals surface area contributed by atoms with Crippen LogP contribution in [0.15, 0.2) is 11.1 Å². The summed E-state index contributed by atoms with van der Waals surface area (Å²) in [4.78, 5) is 20.2. The molecule has 0 unspecified atom stereocenters. The van der Waals surface area contributed by atoms with Crippen LogP contribution < -0.4 is 0 Å². The largest absolute Gasteiger partial charge is 0.285 e. The van der Waals surface area contributed by atoms with Crippen molar-refractivity contribution in [2.75, 3.05) is 0 Å². The van der Waals surface area contributed by atoms with E-state index in [1.54, 1.807) is 12.6 Å². The van der Waals surface area contributed by atoms with Crippen LogP contribution in [-0.4, -0.2) is 12.6 Å². The smallest absolute Gasteiger partial charge is 0.229 e. The van der Waals surface area contributed by atoms with Gasteiger partial charge in [-0.25, -0.2) is 0 Å². The Morgan fingerprint density at radius 1 is 1.36 bits per heavy atom. The maximum atomic E-state index is 10.1. The number of nitriles is 1. The molecule has 0 saturated heterocycles. The Labute approximate surface area is 65.3 Å².